The van der Waals surface area contributed by atoms with Gasteiger partial charge in [0.1, 0.15) is 6.10 Å². The number of hydrogen-bond donors (Lipinski definition) is 1. The van der Waals surface area contributed by atoms with Crippen LogP contribution in [0.15, 0.2) is 48.5 Å². The van der Waals surface area contributed by atoms with Gasteiger partial charge >= 0.3 is 11.9 Å². The summed E-state index contributed by atoms with van der Waals surface area (Å²) < 4.78 is 11.1. The minimum atomic E-state index is -0.737. The maximum absolute atomic E-state index is 13.0. The highest BCUT2D eigenvalue weighted by Crippen LogP contribution is 2.35. The summed E-state index contributed by atoms with van der Waals surface area (Å²) in [4.78, 5) is 37.9. The number of nitrogens with one attached hydrogen (secondary N) is 1. The largest absolute Gasteiger partial charge is 0.458 e. The van der Waals surface area contributed by atoms with Gasteiger partial charge in [-0.15, -0.1) is 0 Å². The molecule has 6 nitrogen and oxygen atoms in total. The minimum absolute atomic E-state index is 0.0931. The van der Waals surface area contributed by atoms with Gasteiger partial charge in [0, 0.05) is 5.69 Å². The predicted molar refractivity (Wildman–Crippen MR) is 127 cm³/mol. The molecule has 0 radical (unpaired) electrons. The molecule has 0 aliphatic heterocycles. The van der Waals surface area contributed by atoms with Crippen LogP contribution in [0.2, 0.25) is 0 Å². The predicted octanol–water partition coefficient (Wildman–Crippen LogP) is 5.41. The van der Waals surface area contributed by atoms with Crippen LogP contribution in [0, 0.1) is 24.7 Å². The maximum atomic E-state index is 13.0. The van der Waals surface area contributed by atoms with E-state index in [0.29, 0.717) is 23.4 Å². The van der Waals surface area contributed by atoms with Crippen LogP contribution in [0.4, 0.5) is 5.69 Å². The molecule has 2 aromatic rings. The Kier molecular flexibility index (Phi) is 8.26. The zero-order valence-corrected chi connectivity index (χ0v) is 19.8. The smallest absolute Gasteiger partial charge is 0.339 e. The molecule has 1 amide bonds. The first kappa shape index (κ1) is 24.5. The zero-order valence-electron chi connectivity index (χ0n) is 19.8. The van der Waals surface area contributed by atoms with Crippen molar-refractivity contribution < 1.29 is 23.9 Å². The third kappa shape index (κ3) is 6.67. The van der Waals surface area contributed by atoms with E-state index in [4.69, 9.17) is 9.47 Å². The first-order valence-electron chi connectivity index (χ1n) is 11.6. The number of ether oxygens (including phenoxy) is 2. The van der Waals surface area contributed by atoms with E-state index in [1.807, 2.05) is 19.1 Å². The second-order valence-corrected chi connectivity index (χ2v) is 9.31. The lowest BCUT2D eigenvalue weighted by Crippen LogP contribution is -2.36. The lowest BCUT2D eigenvalue weighted by atomic mass is 9.75. The van der Waals surface area contributed by atoms with Crippen molar-refractivity contribution in [3.63, 3.8) is 0 Å². The fourth-order valence-electron chi connectivity index (χ4n) is 4.33. The van der Waals surface area contributed by atoms with Gasteiger partial charge < -0.3 is 14.8 Å². The number of benzene rings is 2. The molecule has 1 N–H and O–H groups in total. The van der Waals surface area contributed by atoms with E-state index in [9.17, 15) is 14.4 Å². The van der Waals surface area contributed by atoms with Gasteiger partial charge in [-0.3, -0.25) is 4.79 Å². The van der Waals surface area contributed by atoms with Gasteiger partial charge in [-0.05, 0) is 61.8 Å². The molecule has 0 heterocycles. The SMILES string of the molecule is Cc1ccc(NC(=O)COC(=O)c2ccccc2C(=O)O[C@@H]2C[C@H](C)CC[C@@H]2C(C)C)cc1. The van der Waals surface area contributed by atoms with Crippen LogP contribution in [-0.2, 0) is 14.3 Å². The summed E-state index contributed by atoms with van der Waals surface area (Å²) in [7, 11) is 0. The van der Waals surface area contributed by atoms with Crippen molar-refractivity contribution in [1.82, 2.24) is 0 Å². The number of hydrogen-bond acceptors (Lipinski definition) is 5. The number of amides is 1. The molecule has 0 bridgehead atoms. The maximum Gasteiger partial charge on any atom is 0.339 e. The van der Waals surface area contributed by atoms with Crippen molar-refractivity contribution in [1.29, 1.82) is 0 Å². The normalized spacial score (nSPS) is 20.2. The van der Waals surface area contributed by atoms with Crippen LogP contribution in [0.1, 0.15) is 66.3 Å². The number of aryl methyl sites for hydroxylation is 1. The van der Waals surface area contributed by atoms with E-state index in [2.05, 4.69) is 26.1 Å². The molecule has 1 aliphatic rings. The van der Waals surface area contributed by atoms with Gasteiger partial charge in [-0.2, -0.15) is 0 Å². The molecule has 1 saturated carbocycles. The first-order chi connectivity index (χ1) is 15.7. The topological polar surface area (TPSA) is 81.7 Å². The second-order valence-electron chi connectivity index (χ2n) is 9.31. The Hall–Kier alpha value is -3.15. The highest BCUT2D eigenvalue weighted by molar-refractivity contribution is 6.04. The molecule has 33 heavy (non-hydrogen) atoms. The summed E-state index contributed by atoms with van der Waals surface area (Å²) in [5.74, 6) is -0.527. The Morgan fingerprint density at radius 3 is 2.24 bits per heavy atom. The molecule has 1 fully saturated rings. The Morgan fingerprint density at radius 2 is 1.61 bits per heavy atom. The van der Waals surface area contributed by atoms with E-state index >= 15 is 0 Å². The van der Waals surface area contributed by atoms with Crippen molar-refractivity contribution in [2.75, 3.05) is 11.9 Å². The van der Waals surface area contributed by atoms with E-state index in [1.165, 1.54) is 6.07 Å². The Morgan fingerprint density at radius 1 is 0.970 bits per heavy atom. The quantitative estimate of drug-likeness (QED) is 0.570. The monoisotopic (exact) mass is 451 g/mol. The van der Waals surface area contributed by atoms with Crippen LogP contribution >= 0.6 is 0 Å². The Labute approximate surface area is 195 Å². The van der Waals surface area contributed by atoms with Crippen LogP contribution in [0.25, 0.3) is 0 Å². The molecule has 0 saturated heterocycles. The fraction of sp³-hybridized carbons (Fsp3) is 0.444. The molecule has 3 rings (SSSR count). The fourth-order valence-corrected chi connectivity index (χ4v) is 4.33. The lowest BCUT2D eigenvalue weighted by molar-refractivity contribution is -0.119. The molecule has 6 heteroatoms. The minimum Gasteiger partial charge on any atom is -0.458 e. The number of rotatable bonds is 7. The molecule has 3 atom stereocenters. The van der Waals surface area contributed by atoms with Gasteiger partial charge in [0.2, 0.25) is 0 Å². The van der Waals surface area contributed by atoms with Crippen molar-refractivity contribution in [3.8, 4) is 0 Å². The van der Waals surface area contributed by atoms with Gasteiger partial charge in [0.05, 0.1) is 11.1 Å². The van der Waals surface area contributed by atoms with Gasteiger partial charge in [-0.1, -0.05) is 57.0 Å². The van der Waals surface area contributed by atoms with E-state index in [1.54, 1.807) is 30.3 Å². The average molecular weight is 452 g/mol. The number of carbonyl (C=O) groups is 3. The third-order valence-corrected chi connectivity index (χ3v) is 6.26. The van der Waals surface area contributed by atoms with Crippen molar-refractivity contribution >= 4 is 23.5 Å². The highest BCUT2D eigenvalue weighted by atomic mass is 16.5. The number of esters is 2. The summed E-state index contributed by atoms with van der Waals surface area (Å²) in [6.07, 6.45) is 2.80. The van der Waals surface area contributed by atoms with Crippen LogP contribution in [0.5, 0.6) is 0 Å². The molecule has 176 valence electrons. The van der Waals surface area contributed by atoms with E-state index < -0.39 is 24.5 Å². The number of anilines is 1. The van der Waals surface area contributed by atoms with Crippen molar-refractivity contribution in [2.24, 2.45) is 17.8 Å². The lowest BCUT2D eigenvalue weighted by Gasteiger charge is -2.36. The van der Waals surface area contributed by atoms with Crippen LogP contribution < -0.4 is 5.32 Å². The van der Waals surface area contributed by atoms with E-state index in [0.717, 1.165) is 24.8 Å². The summed E-state index contributed by atoms with van der Waals surface area (Å²) >= 11 is 0. The molecular formula is C27H33NO5. The van der Waals surface area contributed by atoms with Crippen molar-refractivity contribution in [2.45, 2.75) is 53.1 Å². The first-order valence-corrected chi connectivity index (χ1v) is 11.6. The van der Waals surface area contributed by atoms with Crippen molar-refractivity contribution in [3.05, 3.63) is 65.2 Å². The summed E-state index contributed by atoms with van der Waals surface area (Å²) in [6, 6.07) is 13.7. The second kappa shape index (κ2) is 11.1. The standard InChI is InChI=1S/C27H33NO5/c1-17(2)21-14-11-19(4)15-24(21)33-27(31)23-8-6-5-7-22(23)26(30)32-16-25(29)28-20-12-9-18(3)10-13-20/h5-10,12-13,17,19,21,24H,11,14-16H2,1-4H3,(H,28,29)/t19-,21-,24-/m1/s1. The summed E-state index contributed by atoms with van der Waals surface area (Å²) in [5, 5.41) is 2.68. The van der Waals surface area contributed by atoms with Crippen LogP contribution in [0.3, 0.4) is 0 Å². The Bertz CT molecular complexity index is 982. The van der Waals surface area contributed by atoms with E-state index in [-0.39, 0.29) is 17.2 Å². The molecular weight excluding hydrogens is 418 g/mol. The van der Waals surface area contributed by atoms with Gasteiger partial charge in [-0.25, -0.2) is 9.59 Å². The molecule has 1 aliphatic carbocycles. The summed E-state index contributed by atoms with van der Waals surface area (Å²) in [6.45, 7) is 7.96. The highest BCUT2D eigenvalue weighted by Gasteiger charge is 2.34. The average Bonchev–Trinajstić information content (AvgIpc) is 2.79. The zero-order chi connectivity index (χ0) is 24.0. The van der Waals surface area contributed by atoms with Gasteiger partial charge in [0.25, 0.3) is 5.91 Å². The third-order valence-electron chi connectivity index (χ3n) is 6.26. The summed E-state index contributed by atoms with van der Waals surface area (Å²) in [5.41, 5.74) is 1.94. The molecule has 0 aromatic heterocycles. The van der Waals surface area contributed by atoms with Gasteiger partial charge in [0.15, 0.2) is 6.61 Å². The molecule has 0 unspecified atom stereocenters. The van der Waals surface area contributed by atoms with Crippen LogP contribution in [-0.4, -0.2) is 30.6 Å². The Balaban J connectivity index is 1.63. The molecule has 2 aromatic carbocycles. The molecule has 0 spiro atoms. The number of carbonyl (C=O) groups excluding carboxylic acids is 3.